The largest absolute Gasteiger partial charge is 0.421 e. The van der Waals surface area contributed by atoms with E-state index in [4.69, 9.17) is 11.1 Å². The minimum absolute atomic E-state index is 0.0130. The summed E-state index contributed by atoms with van der Waals surface area (Å²) < 4.78 is 42.4. The maximum atomic E-state index is 14.1. The number of carbonyl (C=O) groups excluding carboxylic acids is 1. The van der Waals surface area contributed by atoms with Crippen molar-refractivity contribution in [1.82, 2.24) is 10.3 Å². The molecule has 1 spiro atoms. The Bertz CT molecular complexity index is 1060. The summed E-state index contributed by atoms with van der Waals surface area (Å²) in [7, 11) is 1.71. The summed E-state index contributed by atoms with van der Waals surface area (Å²) in [6, 6.07) is 5.08. The molecule has 2 aliphatic rings. The van der Waals surface area contributed by atoms with Crippen LogP contribution in [-0.2, 0) is 11.0 Å². The molecule has 2 aliphatic heterocycles. The van der Waals surface area contributed by atoms with Gasteiger partial charge in [-0.2, -0.15) is 13.2 Å². The third-order valence-electron chi connectivity index (χ3n) is 6.56. The van der Waals surface area contributed by atoms with Crippen LogP contribution in [0, 0.1) is 10.8 Å². The fourth-order valence-electron chi connectivity index (χ4n) is 4.76. The predicted octanol–water partition coefficient (Wildman–Crippen LogP) is 3.50. The smallest absolute Gasteiger partial charge is 0.388 e. The topological polar surface area (TPSA) is 107 Å². The molecule has 5 N–H and O–H groups in total. The SMILES string of the molecule is CNc1ccc(-c2cnc(N)c(C(F)(F)F)c2N2CCC3(CCNC3=O)CC2)cc1C=N. The molecular weight excluding hydrogens is 421 g/mol. The normalized spacial score (nSPS) is 18.0. The highest BCUT2D eigenvalue weighted by Crippen LogP contribution is 2.47. The van der Waals surface area contributed by atoms with Crippen molar-refractivity contribution in [3.8, 4) is 11.1 Å². The highest BCUT2D eigenvalue weighted by molar-refractivity contribution is 5.91. The van der Waals surface area contributed by atoms with Crippen LogP contribution >= 0.6 is 0 Å². The number of nitrogens with two attached hydrogens (primary N) is 1. The molecule has 1 aromatic carbocycles. The second-order valence-corrected chi connectivity index (χ2v) is 8.25. The summed E-state index contributed by atoms with van der Waals surface area (Å²) in [5.41, 5.74) is 6.28. The Labute approximate surface area is 183 Å². The summed E-state index contributed by atoms with van der Waals surface area (Å²) in [5, 5.41) is 13.5. The lowest BCUT2D eigenvalue weighted by molar-refractivity contribution is -0.136. The lowest BCUT2D eigenvalue weighted by Crippen LogP contribution is -2.44. The molecule has 7 nitrogen and oxygen atoms in total. The van der Waals surface area contributed by atoms with Crippen molar-refractivity contribution >= 4 is 29.3 Å². The van der Waals surface area contributed by atoms with Crippen molar-refractivity contribution in [2.45, 2.75) is 25.4 Å². The number of piperidine rings is 1. The summed E-state index contributed by atoms with van der Waals surface area (Å²) >= 11 is 0. The van der Waals surface area contributed by atoms with E-state index >= 15 is 0 Å². The number of alkyl halides is 3. The van der Waals surface area contributed by atoms with Gasteiger partial charge in [0, 0.05) is 55.9 Å². The van der Waals surface area contributed by atoms with Crippen LogP contribution in [-0.4, -0.2) is 43.8 Å². The number of benzene rings is 1. The number of hydrogen-bond donors (Lipinski definition) is 4. The second-order valence-electron chi connectivity index (χ2n) is 8.25. The molecule has 0 unspecified atom stereocenters. The fourth-order valence-corrected chi connectivity index (χ4v) is 4.76. The molecule has 1 amide bonds. The summed E-state index contributed by atoms with van der Waals surface area (Å²) in [6.07, 6.45) is -0.546. The van der Waals surface area contributed by atoms with Crippen LogP contribution in [0.2, 0.25) is 0 Å². The zero-order valence-corrected chi connectivity index (χ0v) is 17.6. The summed E-state index contributed by atoms with van der Waals surface area (Å²) in [6.45, 7) is 1.21. The van der Waals surface area contributed by atoms with Crippen molar-refractivity contribution in [2.75, 3.05) is 42.6 Å². The van der Waals surface area contributed by atoms with Gasteiger partial charge >= 0.3 is 6.18 Å². The van der Waals surface area contributed by atoms with Crippen LogP contribution < -0.4 is 21.3 Å². The molecule has 0 radical (unpaired) electrons. The van der Waals surface area contributed by atoms with E-state index in [1.165, 1.54) is 6.20 Å². The first-order chi connectivity index (χ1) is 15.2. The molecular formula is C22H25F3N6O. The number of aromatic nitrogens is 1. The highest BCUT2D eigenvalue weighted by Gasteiger charge is 2.46. The van der Waals surface area contributed by atoms with Crippen molar-refractivity contribution in [3.05, 3.63) is 35.5 Å². The number of anilines is 3. The molecule has 32 heavy (non-hydrogen) atoms. The van der Waals surface area contributed by atoms with Gasteiger partial charge in [0.05, 0.1) is 11.1 Å². The van der Waals surface area contributed by atoms with Gasteiger partial charge in [-0.3, -0.25) is 4.79 Å². The molecule has 0 saturated carbocycles. The Balaban J connectivity index is 1.83. The van der Waals surface area contributed by atoms with Gasteiger partial charge in [0.1, 0.15) is 11.4 Å². The number of halogens is 3. The molecule has 3 heterocycles. The number of pyridine rings is 1. The van der Waals surface area contributed by atoms with Crippen LogP contribution in [0.5, 0.6) is 0 Å². The first-order valence-electron chi connectivity index (χ1n) is 10.4. The van der Waals surface area contributed by atoms with Gasteiger partial charge < -0.3 is 26.7 Å². The van der Waals surface area contributed by atoms with Crippen molar-refractivity contribution in [1.29, 1.82) is 5.41 Å². The third-order valence-corrected chi connectivity index (χ3v) is 6.56. The molecule has 2 fully saturated rings. The molecule has 4 rings (SSSR count). The number of nitrogens with zero attached hydrogens (tertiary/aromatic N) is 2. The van der Waals surface area contributed by atoms with Crippen LogP contribution in [0.25, 0.3) is 11.1 Å². The average molecular weight is 446 g/mol. The molecule has 170 valence electrons. The van der Waals surface area contributed by atoms with Gasteiger partial charge in [-0.05, 0) is 37.0 Å². The van der Waals surface area contributed by atoms with Crippen LogP contribution in [0.4, 0.5) is 30.4 Å². The van der Waals surface area contributed by atoms with Gasteiger partial charge in [-0.25, -0.2) is 4.98 Å². The summed E-state index contributed by atoms with van der Waals surface area (Å²) in [5.74, 6) is -0.588. The lowest BCUT2D eigenvalue weighted by Gasteiger charge is -2.40. The molecule has 10 heteroatoms. The number of carbonyl (C=O) groups is 1. The Kier molecular flexibility index (Phi) is 5.47. The van der Waals surface area contributed by atoms with Gasteiger partial charge in [0.2, 0.25) is 5.91 Å². The Morgan fingerprint density at radius 3 is 2.56 bits per heavy atom. The standard InChI is InChI=1S/C22H25F3N6O/c1-28-16-3-2-13(10-14(16)11-26)15-12-30-19(27)17(22(23,24)25)18(15)31-8-5-21(6-9-31)4-7-29-20(21)32/h2-3,10-12,26,28H,4-9H2,1H3,(H2,27,30)(H,29,32). The maximum Gasteiger partial charge on any atom is 0.421 e. The van der Waals surface area contributed by atoms with E-state index in [1.54, 1.807) is 30.1 Å². The number of nitrogen functional groups attached to an aromatic ring is 1. The Hall–Kier alpha value is -3.30. The second kappa shape index (κ2) is 7.99. The predicted molar refractivity (Wildman–Crippen MR) is 118 cm³/mol. The zero-order chi connectivity index (χ0) is 23.1. The van der Waals surface area contributed by atoms with E-state index < -0.39 is 23.0 Å². The van der Waals surface area contributed by atoms with Gasteiger partial charge in [-0.15, -0.1) is 0 Å². The monoisotopic (exact) mass is 446 g/mol. The van der Waals surface area contributed by atoms with Gasteiger partial charge in [0.15, 0.2) is 0 Å². The molecule has 1 aromatic heterocycles. The van der Waals surface area contributed by atoms with E-state index in [0.717, 1.165) is 6.21 Å². The van der Waals surface area contributed by atoms with Crippen molar-refractivity contribution in [2.24, 2.45) is 5.41 Å². The van der Waals surface area contributed by atoms with E-state index in [2.05, 4.69) is 15.6 Å². The minimum Gasteiger partial charge on any atom is -0.388 e. The molecule has 0 aliphatic carbocycles. The fraction of sp³-hybridized carbons (Fsp3) is 0.409. The first-order valence-corrected chi connectivity index (χ1v) is 10.4. The van der Waals surface area contributed by atoms with Crippen molar-refractivity contribution in [3.63, 3.8) is 0 Å². The molecule has 2 saturated heterocycles. The quantitative estimate of drug-likeness (QED) is 0.538. The number of rotatable bonds is 4. The average Bonchev–Trinajstić information content (AvgIpc) is 3.12. The van der Waals surface area contributed by atoms with Crippen LogP contribution in [0.3, 0.4) is 0 Å². The minimum atomic E-state index is -4.70. The number of amides is 1. The van der Waals surface area contributed by atoms with Crippen LogP contribution in [0.15, 0.2) is 24.4 Å². The maximum absolute atomic E-state index is 14.1. The van der Waals surface area contributed by atoms with E-state index in [9.17, 15) is 18.0 Å². The highest BCUT2D eigenvalue weighted by atomic mass is 19.4. The molecule has 0 bridgehead atoms. The van der Waals surface area contributed by atoms with E-state index in [-0.39, 0.29) is 11.6 Å². The Morgan fingerprint density at radius 1 is 1.28 bits per heavy atom. The zero-order valence-electron chi connectivity index (χ0n) is 17.6. The van der Waals surface area contributed by atoms with E-state index in [1.807, 2.05) is 0 Å². The van der Waals surface area contributed by atoms with Gasteiger partial charge in [0.25, 0.3) is 0 Å². The molecule has 2 aromatic rings. The molecule has 0 atom stereocenters. The summed E-state index contributed by atoms with van der Waals surface area (Å²) in [4.78, 5) is 17.8. The van der Waals surface area contributed by atoms with E-state index in [0.29, 0.717) is 61.3 Å². The number of nitrogens with one attached hydrogen (secondary N) is 3. The van der Waals surface area contributed by atoms with Crippen LogP contribution in [0.1, 0.15) is 30.4 Å². The lowest BCUT2D eigenvalue weighted by atomic mass is 9.77. The number of hydrogen-bond acceptors (Lipinski definition) is 6. The van der Waals surface area contributed by atoms with Gasteiger partial charge in [-0.1, -0.05) is 6.07 Å². The first kappa shape index (κ1) is 21.9. The Morgan fingerprint density at radius 2 is 2.00 bits per heavy atom. The third kappa shape index (κ3) is 3.63. The van der Waals surface area contributed by atoms with Crippen molar-refractivity contribution < 1.29 is 18.0 Å².